The highest BCUT2D eigenvalue weighted by atomic mass is 32.3. The number of rotatable bonds is 9. The first-order valence-corrected chi connectivity index (χ1v) is 15.2. The van der Waals surface area contributed by atoms with Crippen LogP contribution in [0, 0.1) is 0 Å². The van der Waals surface area contributed by atoms with Crippen LogP contribution in [-0.2, 0) is 0 Å². The monoisotopic (exact) mass is 498 g/mol. The molecule has 0 radical (unpaired) electrons. The molecular weight excluding hydrogens is 469 g/mol. The topological polar surface area (TPSA) is 0 Å². The largest absolute Gasteiger partial charge is 0.160 e. The third-order valence-electron chi connectivity index (χ3n) is 3.36. The Labute approximate surface area is 191 Å². The van der Waals surface area contributed by atoms with Gasteiger partial charge in [0, 0.05) is 0 Å². The zero-order valence-corrected chi connectivity index (χ0v) is 22.7. The van der Waals surface area contributed by atoms with Crippen molar-refractivity contribution in [3.8, 4) is 0 Å². The molecule has 3 unspecified atom stereocenters. The Balaban J connectivity index is 3.07. The predicted molar refractivity (Wildman–Crippen MR) is 141 cm³/mol. The molecule has 9 heteroatoms. The summed E-state index contributed by atoms with van der Waals surface area (Å²) in [7, 11) is 0. The number of thiol groups is 3. The minimum absolute atomic E-state index is 0.0525. The van der Waals surface area contributed by atoms with Gasteiger partial charge in [-0.3, -0.25) is 0 Å². The average Bonchev–Trinajstić information content (AvgIpc) is 2.46. The van der Waals surface area contributed by atoms with Gasteiger partial charge in [-0.1, -0.05) is 20.8 Å². The SMILES string of the molecule is CCSC(C)(S)C1SC(C(C)(S)SCC)SC(C(C)(S)SCC)S1. The maximum Gasteiger partial charge on any atom is 0.0763 e. The summed E-state index contributed by atoms with van der Waals surface area (Å²) in [5, 5.41) is 0. The molecule has 0 nitrogen and oxygen atoms in total. The van der Waals surface area contributed by atoms with Gasteiger partial charge in [0.1, 0.15) is 0 Å². The Morgan fingerprint density at radius 3 is 1.00 bits per heavy atom. The van der Waals surface area contributed by atoms with Gasteiger partial charge in [-0.25, -0.2) is 0 Å². The van der Waals surface area contributed by atoms with Gasteiger partial charge >= 0.3 is 0 Å². The molecule has 1 heterocycles. The van der Waals surface area contributed by atoms with Crippen LogP contribution in [0.5, 0.6) is 0 Å². The molecule has 1 saturated heterocycles. The van der Waals surface area contributed by atoms with Crippen molar-refractivity contribution in [2.24, 2.45) is 0 Å². The van der Waals surface area contributed by atoms with Crippen LogP contribution in [0.4, 0.5) is 0 Å². The first-order chi connectivity index (χ1) is 11.0. The standard InChI is InChI=1S/C15H30S9/c1-7-19-13(4,16)10-22-11(14(5,17)20-8-2)24-12(23-10)15(6,18)21-9-3/h10-12,16-18H,7-9H2,1-6H3. The lowest BCUT2D eigenvalue weighted by Crippen LogP contribution is -2.42. The van der Waals surface area contributed by atoms with E-state index >= 15 is 0 Å². The third-order valence-corrected chi connectivity index (χ3v) is 16.9. The second-order valence-electron chi connectivity index (χ2n) is 5.87. The molecule has 0 aromatic carbocycles. The van der Waals surface area contributed by atoms with Gasteiger partial charge in [0.2, 0.25) is 0 Å². The number of thioether (sulfide) groups is 6. The fourth-order valence-electron chi connectivity index (χ4n) is 2.27. The summed E-state index contributed by atoms with van der Waals surface area (Å²) in [5.41, 5.74) is 0. The highest BCUT2D eigenvalue weighted by molar-refractivity contribution is 8.37. The number of hydrogen-bond acceptors (Lipinski definition) is 9. The Hall–Kier alpha value is 3.15. The highest BCUT2D eigenvalue weighted by Crippen LogP contribution is 2.63. The fourth-order valence-corrected chi connectivity index (χ4v) is 14.5. The van der Waals surface area contributed by atoms with Gasteiger partial charge in [0.05, 0.1) is 26.0 Å². The van der Waals surface area contributed by atoms with E-state index in [0.717, 1.165) is 17.3 Å². The van der Waals surface area contributed by atoms with Gasteiger partial charge in [0.25, 0.3) is 0 Å². The van der Waals surface area contributed by atoms with Crippen LogP contribution < -0.4 is 0 Å². The molecule has 0 spiro atoms. The molecule has 1 aliphatic heterocycles. The molecule has 144 valence electrons. The van der Waals surface area contributed by atoms with Crippen LogP contribution in [0.1, 0.15) is 41.5 Å². The molecule has 0 saturated carbocycles. The van der Waals surface area contributed by atoms with Crippen molar-refractivity contribution in [3.05, 3.63) is 0 Å². The zero-order chi connectivity index (χ0) is 18.6. The van der Waals surface area contributed by atoms with E-state index in [9.17, 15) is 0 Å². The molecule has 1 rings (SSSR count). The molecule has 1 fully saturated rings. The number of hydrogen-bond donors (Lipinski definition) is 3. The normalized spacial score (nSPS) is 32.6. The summed E-state index contributed by atoms with van der Waals surface area (Å²) in [6.45, 7) is 13.4. The van der Waals surface area contributed by atoms with Crippen LogP contribution in [0.15, 0.2) is 0 Å². The first kappa shape index (κ1) is 25.2. The van der Waals surface area contributed by atoms with Gasteiger partial charge in [-0.15, -0.1) is 70.6 Å². The van der Waals surface area contributed by atoms with E-state index in [1.54, 1.807) is 0 Å². The van der Waals surface area contributed by atoms with Crippen LogP contribution in [-0.4, -0.2) is 43.2 Å². The summed E-state index contributed by atoms with van der Waals surface area (Å²) in [6.07, 6.45) is 0. The van der Waals surface area contributed by atoms with Crippen molar-refractivity contribution in [2.45, 2.75) is 67.5 Å². The van der Waals surface area contributed by atoms with Crippen LogP contribution in [0.3, 0.4) is 0 Å². The van der Waals surface area contributed by atoms with E-state index in [-0.39, 0.29) is 12.2 Å². The summed E-state index contributed by atoms with van der Waals surface area (Å²) in [6, 6.07) is 0. The van der Waals surface area contributed by atoms with Crippen molar-refractivity contribution in [3.63, 3.8) is 0 Å². The second kappa shape index (κ2) is 10.8. The zero-order valence-electron chi connectivity index (χ0n) is 15.1. The average molecular weight is 499 g/mol. The lowest BCUT2D eigenvalue weighted by Gasteiger charge is -2.48. The van der Waals surface area contributed by atoms with Gasteiger partial charge in [0.15, 0.2) is 0 Å². The van der Waals surface area contributed by atoms with Crippen molar-refractivity contribution in [1.29, 1.82) is 0 Å². The lowest BCUT2D eigenvalue weighted by atomic mass is 10.5. The Morgan fingerprint density at radius 1 is 0.625 bits per heavy atom. The van der Waals surface area contributed by atoms with Crippen LogP contribution >= 0.6 is 108 Å². The maximum absolute atomic E-state index is 5.04. The quantitative estimate of drug-likeness (QED) is 0.222. The predicted octanol–water partition coefficient (Wildman–Crippen LogP) is 7.38. The molecular formula is C15H30S9. The smallest absolute Gasteiger partial charge is 0.0763 e. The summed E-state index contributed by atoms with van der Waals surface area (Å²) in [5.74, 6) is 3.26. The molecule has 0 N–H and O–H groups in total. The summed E-state index contributed by atoms with van der Waals surface area (Å²) >= 11 is 27.1. The second-order valence-corrected chi connectivity index (χ2v) is 19.2. The fraction of sp³-hybridized carbons (Fsp3) is 1.00. The molecule has 24 heavy (non-hydrogen) atoms. The van der Waals surface area contributed by atoms with E-state index in [2.05, 4.69) is 76.8 Å². The van der Waals surface area contributed by atoms with E-state index < -0.39 is 0 Å². The summed E-state index contributed by atoms with van der Waals surface area (Å²) < 4.78 is 1.12. The van der Waals surface area contributed by atoms with Crippen molar-refractivity contribution in [1.82, 2.24) is 0 Å². The van der Waals surface area contributed by atoms with E-state index in [4.69, 9.17) is 37.9 Å². The third kappa shape index (κ3) is 7.20. The Morgan fingerprint density at radius 2 is 0.833 bits per heavy atom. The highest BCUT2D eigenvalue weighted by Gasteiger charge is 2.49. The Bertz CT molecular complexity index is 320. The lowest BCUT2D eigenvalue weighted by molar-refractivity contribution is 0.936. The van der Waals surface area contributed by atoms with E-state index in [0.29, 0.717) is 13.7 Å². The summed E-state index contributed by atoms with van der Waals surface area (Å²) in [4.78, 5) is 0. The van der Waals surface area contributed by atoms with Gasteiger partial charge < -0.3 is 0 Å². The van der Waals surface area contributed by atoms with E-state index in [1.807, 2.05) is 35.3 Å². The van der Waals surface area contributed by atoms with Crippen molar-refractivity contribution < 1.29 is 0 Å². The molecule has 0 aliphatic carbocycles. The minimum atomic E-state index is -0.0525. The first-order valence-electron chi connectivity index (χ1n) is 8.05. The molecule has 0 aromatic heterocycles. The molecule has 1 aliphatic rings. The molecule has 0 amide bonds. The van der Waals surface area contributed by atoms with Crippen molar-refractivity contribution in [2.75, 3.05) is 17.3 Å². The molecule has 3 atom stereocenters. The van der Waals surface area contributed by atoms with Gasteiger partial charge in [-0.2, -0.15) is 37.9 Å². The molecule has 0 bridgehead atoms. The minimum Gasteiger partial charge on any atom is -0.160 e. The van der Waals surface area contributed by atoms with Crippen LogP contribution in [0.2, 0.25) is 0 Å². The Kier molecular flexibility index (Phi) is 11.3. The maximum atomic E-state index is 5.04. The van der Waals surface area contributed by atoms with E-state index in [1.165, 1.54) is 0 Å². The van der Waals surface area contributed by atoms with Crippen molar-refractivity contribution >= 4 is 108 Å². The van der Waals surface area contributed by atoms with Gasteiger partial charge in [-0.05, 0) is 38.0 Å². The van der Waals surface area contributed by atoms with Crippen LogP contribution in [0.25, 0.3) is 0 Å². The molecule has 0 aromatic rings.